The summed E-state index contributed by atoms with van der Waals surface area (Å²) in [6.45, 7) is 1.72. The molecule has 1 aromatic rings. The number of anilines is 1. The summed E-state index contributed by atoms with van der Waals surface area (Å²) < 4.78 is 0. The molecule has 1 aromatic carbocycles. The van der Waals surface area contributed by atoms with Crippen molar-refractivity contribution in [2.24, 2.45) is 35.5 Å². The Morgan fingerprint density at radius 3 is 1.90 bits per heavy atom. The summed E-state index contributed by atoms with van der Waals surface area (Å²) in [5.74, 6) is -4.93. The van der Waals surface area contributed by atoms with Gasteiger partial charge < -0.3 is 5.11 Å². The number of carboxylic acids is 1. The number of carbonyl (C=O) groups excluding carboxylic acids is 4. The Bertz CT molecular complexity index is 990. The van der Waals surface area contributed by atoms with E-state index < -0.39 is 41.5 Å². The molecular weight excluding hydrogens is 390 g/mol. The molecule has 156 valence electrons. The van der Waals surface area contributed by atoms with Crippen LogP contribution >= 0.6 is 0 Å². The molecule has 2 heterocycles. The highest BCUT2D eigenvalue weighted by Gasteiger charge is 2.68. The minimum Gasteiger partial charge on any atom is -0.478 e. The van der Waals surface area contributed by atoms with Gasteiger partial charge >= 0.3 is 5.97 Å². The third-order valence-electron chi connectivity index (χ3n) is 7.25. The van der Waals surface area contributed by atoms with Gasteiger partial charge in [0.15, 0.2) is 0 Å². The van der Waals surface area contributed by atoms with Crippen LogP contribution in [-0.2, 0) is 19.2 Å². The van der Waals surface area contributed by atoms with E-state index in [9.17, 15) is 29.1 Å². The van der Waals surface area contributed by atoms with Gasteiger partial charge in [-0.2, -0.15) is 5.01 Å². The molecule has 4 aliphatic rings. The van der Waals surface area contributed by atoms with Crippen LogP contribution in [0, 0.1) is 42.4 Å². The second kappa shape index (κ2) is 6.13. The number of carbonyl (C=O) groups is 5. The zero-order chi connectivity index (χ0) is 21.5. The number of fused-ring (bicyclic) bond motifs is 9. The number of amides is 4. The fourth-order valence-corrected chi connectivity index (χ4v) is 6.13. The third-order valence-corrected chi connectivity index (χ3v) is 7.25. The molecule has 0 aromatic heterocycles. The highest BCUT2D eigenvalue weighted by atomic mass is 16.4. The van der Waals surface area contributed by atoms with Crippen LogP contribution < -0.4 is 5.43 Å². The number of carboxylic acid groups (broad SMARTS) is 1. The van der Waals surface area contributed by atoms with E-state index >= 15 is 0 Å². The minimum absolute atomic E-state index is 0.0445. The normalized spacial score (nSPS) is 34.5. The molecule has 2 saturated carbocycles. The molecule has 6 unspecified atom stereocenters. The first-order valence-electron chi connectivity index (χ1n) is 10.00. The van der Waals surface area contributed by atoms with Crippen molar-refractivity contribution in [3.05, 3.63) is 29.3 Å². The van der Waals surface area contributed by atoms with E-state index in [0.29, 0.717) is 24.1 Å². The van der Waals surface area contributed by atoms with Gasteiger partial charge in [0.1, 0.15) is 0 Å². The van der Waals surface area contributed by atoms with E-state index in [1.807, 2.05) is 0 Å². The van der Waals surface area contributed by atoms with Crippen molar-refractivity contribution in [3.63, 3.8) is 0 Å². The maximum absolute atomic E-state index is 13.2. The fraction of sp³-hybridized carbons (Fsp3) is 0.476. The first-order valence-corrected chi connectivity index (χ1v) is 10.00. The number of hydrazine groups is 1. The number of aromatic carboxylic acids is 1. The fourth-order valence-electron chi connectivity index (χ4n) is 6.13. The molecule has 0 radical (unpaired) electrons. The third kappa shape index (κ3) is 2.37. The average molecular weight is 411 g/mol. The summed E-state index contributed by atoms with van der Waals surface area (Å²) in [6.07, 6.45) is 0.773. The van der Waals surface area contributed by atoms with Crippen LogP contribution in [0.2, 0.25) is 0 Å². The number of benzene rings is 1. The number of hydrogen-bond acceptors (Lipinski definition) is 6. The number of nitrogens with one attached hydrogen (secondary N) is 1. The second-order valence-corrected chi connectivity index (χ2v) is 8.80. The van der Waals surface area contributed by atoms with Gasteiger partial charge in [-0.3, -0.25) is 29.5 Å². The smallest absolute Gasteiger partial charge is 0.335 e. The molecule has 2 aliphatic heterocycles. The van der Waals surface area contributed by atoms with Gasteiger partial charge in [-0.05, 0) is 55.4 Å². The lowest BCUT2D eigenvalue weighted by Gasteiger charge is -2.35. The lowest BCUT2D eigenvalue weighted by Crippen LogP contribution is -2.53. The van der Waals surface area contributed by atoms with Crippen molar-refractivity contribution in [3.8, 4) is 0 Å². The number of hydrogen-bond donors (Lipinski definition) is 2. The minimum atomic E-state index is -1.11. The molecule has 2 N–H and O–H groups in total. The number of aryl methyl sites for hydroxylation is 1. The summed E-state index contributed by atoms with van der Waals surface area (Å²) in [6, 6.07) is 4.52. The molecule has 6 atom stereocenters. The van der Waals surface area contributed by atoms with E-state index in [1.165, 1.54) is 19.2 Å². The summed E-state index contributed by atoms with van der Waals surface area (Å²) in [4.78, 5) is 64.2. The van der Waals surface area contributed by atoms with Crippen molar-refractivity contribution in [1.82, 2.24) is 9.91 Å². The van der Waals surface area contributed by atoms with Gasteiger partial charge in [-0.15, -0.1) is 0 Å². The van der Waals surface area contributed by atoms with Crippen LogP contribution in [0.5, 0.6) is 0 Å². The van der Waals surface area contributed by atoms with Crippen LogP contribution in [0.4, 0.5) is 5.69 Å². The summed E-state index contributed by atoms with van der Waals surface area (Å²) in [5.41, 5.74) is 3.83. The summed E-state index contributed by atoms with van der Waals surface area (Å²) in [5, 5.41) is 10.2. The highest BCUT2D eigenvalue weighted by Crippen LogP contribution is 2.61. The number of imide groups is 2. The van der Waals surface area contributed by atoms with E-state index in [2.05, 4.69) is 5.43 Å². The van der Waals surface area contributed by atoms with Crippen molar-refractivity contribution >= 4 is 35.3 Å². The number of likely N-dealkylation sites (tertiary alicyclic amines) is 1. The van der Waals surface area contributed by atoms with Crippen molar-refractivity contribution in [2.75, 3.05) is 12.5 Å². The average Bonchev–Trinajstić information content (AvgIpc) is 3.23. The molecule has 9 heteroatoms. The maximum atomic E-state index is 13.2. The van der Waals surface area contributed by atoms with E-state index in [0.717, 1.165) is 9.91 Å². The molecule has 9 nitrogen and oxygen atoms in total. The van der Waals surface area contributed by atoms with Crippen LogP contribution in [0.3, 0.4) is 0 Å². The topological polar surface area (TPSA) is 124 Å². The maximum Gasteiger partial charge on any atom is 0.335 e. The Balaban J connectivity index is 1.48. The van der Waals surface area contributed by atoms with E-state index in [-0.39, 0.29) is 29.2 Å². The van der Waals surface area contributed by atoms with Crippen molar-refractivity contribution < 1.29 is 29.1 Å². The summed E-state index contributed by atoms with van der Waals surface area (Å²) >= 11 is 0. The van der Waals surface area contributed by atoms with Crippen LogP contribution in [0.15, 0.2) is 18.2 Å². The van der Waals surface area contributed by atoms with Gasteiger partial charge in [0.2, 0.25) is 11.8 Å². The van der Waals surface area contributed by atoms with Crippen LogP contribution in [-0.4, -0.2) is 51.7 Å². The second-order valence-electron chi connectivity index (χ2n) is 8.80. The number of nitrogens with zero attached hydrogens (tertiary/aromatic N) is 2. The SMILES string of the molecule is Cc1cc(NN2C(=O)C3CC(C2=O)C2C4CC(C(=O)N(C)C4=O)C32)cc(C(=O)O)c1. The first-order chi connectivity index (χ1) is 14.2. The molecule has 5 rings (SSSR count). The number of piperidine rings is 2. The predicted octanol–water partition coefficient (Wildman–Crippen LogP) is 0.892. The first kappa shape index (κ1) is 18.8. The zero-order valence-electron chi connectivity index (χ0n) is 16.5. The molecule has 2 saturated heterocycles. The molecular formula is C21H21N3O6. The quantitative estimate of drug-likeness (QED) is 0.559. The largest absolute Gasteiger partial charge is 0.478 e. The summed E-state index contributed by atoms with van der Waals surface area (Å²) in [7, 11) is 1.47. The van der Waals surface area contributed by atoms with Gasteiger partial charge in [0.05, 0.1) is 11.3 Å². The van der Waals surface area contributed by atoms with Crippen molar-refractivity contribution in [1.29, 1.82) is 0 Å². The Morgan fingerprint density at radius 1 is 0.900 bits per heavy atom. The highest BCUT2D eigenvalue weighted by molar-refractivity contribution is 6.06. The molecule has 4 fully saturated rings. The lowest BCUT2D eigenvalue weighted by atomic mass is 9.83. The molecule has 0 spiro atoms. The Morgan fingerprint density at radius 2 is 1.40 bits per heavy atom. The standard InChI is InChI=1S/C21H21N3O6/c1-8-3-9(21(29)30)5-10(4-8)22-24-19(27)13-7-14(20(24)28)16-12-6-11(15(13)16)17(25)23(2)18(12)26/h3-5,11-16,22H,6-7H2,1-2H3,(H,29,30). The molecule has 30 heavy (non-hydrogen) atoms. The predicted molar refractivity (Wildman–Crippen MR) is 102 cm³/mol. The van der Waals surface area contributed by atoms with Gasteiger partial charge in [0.25, 0.3) is 11.8 Å². The van der Waals surface area contributed by atoms with Crippen LogP contribution in [0.1, 0.15) is 28.8 Å². The lowest BCUT2D eigenvalue weighted by molar-refractivity contribution is -0.155. The van der Waals surface area contributed by atoms with Crippen molar-refractivity contribution in [2.45, 2.75) is 19.8 Å². The molecule has 2 aliphatic carbocycles. The van der Waals surface area contributed by atoms with Crippen LogP contribution in [0.25, 0.3) is 0 Å². The number of rotatable bonds is 3. The van der Waals surface area contributed by atoms with E-state index in [4.69, 9.17) is 0 Å². The zero-order valence-corrected chi connectivity index (χ0v) is 16.5. The van der Waals surface area contributed by atoms with E-state index in [1.54, 1.807) is 13.0 Å². The Kier molecular flexibility index (Phi) is 3.84. The van der Waals surface area contributed by atoms with Gasteiger partial charge in [-0.25, -0.2) is 4.79 Å². The van der Waals surface area contributed by atoms with Gasteiger partial charge in [0, 0.05) is 30.7 Å². The monoisotopic (exact) mass is 411 g/mol. The Hall–Kier alpha value is -3.23. The molecule has 4 amide bonds. The molecule has 4 bridgehead atoms. The van der Waals surface area contributed by atoms with Gasteiger partial charge in [-0.1, -0.05) is 0 Å². The Labute approximate surface area is 172 Å².